The lowest BCUT2D eigenvalue weighted by molar-refractivity contribution is 0.243. The van der Waals surface area contributed by atoms with Gasteiger partial charge in [0, 0.05) is 6.54 Å². The van der Waals surface area contributed by atoms with Crippen LogP contribution in [0.1, 0.15) is 17.2 Å². The van der Waals surface area contributed by atoms with Crippen LogP contribution in [0.25, 0.3) is 0 Å². The predicted octanol–water partition coefficient (Wildman–Crippen LogP) is 3.57. The van der Waals surface area contributed by atoms with Crippen LogP contribution in [0.4, 0.5) is 14.9 Å². The Bertz CT molecular complexity index is 734. The number of carbonyl (C=O) groups is 1. The molecule has 0 aliphatic heterocycles. The van der Waals surface area contributed by atoms with Crippen LogP contribution in [0.5, 0.6) is 5.75 Å². The number of carbonyl (C=O) groups excluding carboxylic acids is 1. The summed E-state index contributed by atoms with van der Waals surface area (Å²) in [4.78, 5) is 14.2. The highest BCUT2D eigenvalue weighted by Crippen LogP contribution is 2.25. The molecule has 0 saturated carbocycles. The Morgan fingerprint density at radius 1 is 1.24 bits per heavy atom. The molecule has 0 heterocycles. The van der Waals surface area contributed by atoms with Crippen LogP contribution in [0.3, 0.4) is 0 Å². The molecular formula is C19H24FN3O2. The second-order valence-electron chi connectivity index (χ2n) is 6.07. The van der Waals surface area contributed by atoms with Crippen LogP contribution in [0.15, 0.2) is 42.5 Å². The first-order valence-electron chi connectivity index (χ1n) is 8.02. The van der Waals surface area contributed by atoms with E-state index >= 15 is 0 Å². The van der Waals surface area contributed by atoms with Gasteiger partial charge in [0.2, 0.25) is 0 Å². The number of anilines is 1. The summed E-state index contributed by atoms with van der Waals surface area (Å²) in [6.07, 6.45) is 0. The third-order valence-electron chi connectivity index (χ3n) is 3.92. The predicted molar refractivity (Wildman–Crippen MR) is 97.6 cm³/mol. The third kappa shape index (κ3) is 5.19. The third-order valence-corrected chi connectivity index (χ3v) is 3.92. The highest BCUT2D eigenvalue weighted by atomic mass is 19.1. The Morgan fingerprint density at radius 3 is 2.64 bits per heavy atom. The maximum absolute atomic E-state index is 13.5. The normalized spacial score (nSPS) is 11.9. The number of ether oxygens (including phenoxy) is 1. The van der Waals surface area contributed by atoms with E-state index < -0.39 is 0 Å². The highest BCUT2D eigenvalue weighted by Gasteiger charge is 2.16. The second-order valence-corrected chi connectivity index (χ2v) is 6.07. The molecule has 0 aromatic heterocycles. The molecule has 25 heavy (non-hydrogen) atoms. The van der Waals surface area contributed by atoms with Crippen molar-refractivity contribution in [2.24, 2.45) is 0 Å². The summed E-state index contributed by atoms with van der Waals surface area (Å²) in [6, 6.07) is 11.5. The van der Waals surface area contributed by atoms with Gasteiger partial charge in [0.15, 0.2) is 0 Å². The number of nitrogens with zero attached hydrogens (tertiary/aromatic N) is 1. The standard InChI is InChI=1S/C19H24FN3O2/c1-13-8-9-16(18(10-13)25-4)22-19(24)21-12-17(23(2)3)14-6-5-7-15(20)11-14/h5-11,17H,12H2,1-4H3,(H2,21,22,24). The molecule has 0 aliphatic carbocycles. The van der Waals surface area contributed by atoms with Gasteiger partial charge in [-0.15, -0.1) is 0 Å². The van der Waals surface area contributed by atoms with Gasteiger partial charge in [0.05, 0.1) is 18.8 Å². The summed E-state index contributed by atoms with van der Waals surface area (Å²) in [7, 11) is 5.33. The van der Waals surface area contributed by atoms with Gasteiger partial charge in [-0.1, -0.05) is 18.2 Å². The number of benzene rings is 2. The van der Waals surface area contributed by atoms with Gasteiger partial charge in [0.1, 0.15) is 11.6 Å². The van der Waals surface area contributed by atoms with Gasteiger partial charge in [-0.05, 0) is 56.4 Å². The minimum atomic E-state index is -0.342. The number of aryl methyl sites for hydroxylation is 1. The summed E-state index contributed by atoms with van der Waals surface area (Å²) in [6.45, 7) is 2.30. The summed E-state index contributed by atoms with van der Waals surface area (Å²) in [5.74, 6) is 0.308. The second kappa shape index (κ2) is 8.48. The molecule has 1 atom stereocenters. The smallest absolute Gasteiger partial charge is 0.319 e. The van der Waals surface area contributed by atoms with E-state index in [0.717, 1.165) is 11.1 Å². The van der Waals surface area contributed by atoms with E-state index in [0.29, 0.717) is 18.0 Å². The number of urea groups is 1. The van der Waals surface area contributed by atoms with E-state index in [1.165, 1.54) is 12.1 Å². The lowest BCUT2D eigenvalue weighted by Gasteiger charge is -2.25. The van der Waals surface area contributed by atoms with Crippen LogP contribution in [-0.4, -0.2) is 38.7 Å². The number of likely N-dealkylation sites (N-methyl/N-ethyl adjacent to an activating group) is 1. The van der Waals surface area contributed by atoms with Gasteiger partial charge >= 0.3 is 6.03 Å². The van der Waals surface area contributed by atoms with Crippen molar-refractivity contribution in [1.82, 2.24) is 10.2 Å². The van der Waals surface area contributed by atoms with Crippen molar-refractivity contribution in [2.75, 3.05) is 33.1 Å². The first kappa shape index (κ1) is 18.7. The number of halogens is 1. The fourth-order valence-corrected chi connectivity index (χ4v) is 2.57. The van der Waals surface area contributed by atoms with Gasteiger partial charge in [-0.3, -0.25) is 0 Å². The largest absolute Gasteiger partial charge is 0.495 e. The van der Waals surface area contributed by atoms with Crippen molar-refractivity contribution in [3.8, 4) is 5.75 Å². The number of hydrogen-bond donors (Lipinski definition) is 2. The molecule has 2 N–H and O–H groups in total. The van der Waals surface area contributed by atoms with Gasteiger partial charge in [-0.25, -0.2) is 9.18 Å². The van der Waals surface area contributed by atoms with E-state index in [1.807, 2.05) is 44.1 Å². The summed E-state index contributed by atoms with van der Waals surface area (Å²) in [5, 5.41) is 5.60. The topological polar surface area (TPSA) is 53.6 Å². The number of amides is 2. The van der Waals surface area contributed by atoms with Gasteiger partial charge in [0.25, 0.3) is 0 Å². The van der Waals surface area contributed by atoms with E-state index in [2.05, 4.69) is 10.6 Å². The molecule has 0 saturated heterocycles. The van der Waals surface area contributed by atoms with Gasteiger partial charge in [-0.2, -0.15) is 0 Å². The monoisotopic (exact) mass is 345 g/mol. The zero-order valence-electron chi connectivity index (χ0n) is 15.0. The molecule has 0 radical (unpaired) electrons. The van der Waals surface area contributed by atoms with E-state index in [1.54, 1.807) is 19.2 Å². The summed E-state index contributed by atoms with van der Waals surface area (Å²) >= 11 is 0. The molecule has 2 rings (SSSR count). The Kier molecular flexibility index (Phi) is 6.36. The van der Waals surface area contributed by atoms with Crippen molar-refractivity contribution in [3.05, 3.63) is 59.4 Å². The van der Waals surface area contributed by atoms with Crippen LogP contribution < -0.4 is 15.4 Å². The van der Waals surface area contributed by atoms with E-state index in [4.69, 9.17) is 4.74 Å². The number of methoxy groups -OCH3 is 1. The molecule has 1 unspecified atom stereocenters. The zero-order chi connectivity index (χ0) is 18.4. The Hall–Kier alpha value is -2.60. The van der Waals surface area contributed by atoms with Crippen molar-refractivity contribution in [2.45, 2.75) is 13.0 Å². The quantitative estimate of drug-likeness (QED) is 0.842. The summed E-state index contributed by atoms with van der Waals surface area (Å²) in [5.41, 5.74) is 2.44. The molecule has 2 aromatic rings. The SMILES string of the molecule is COc1cc(C)ccc1NC(=O)NCC(c1cccc(F)c1)N(C)C. The molecule has 6 heteroatoms. The zero-order valence-corrected chi connectivity index (χ0v) is 15.0. The summed E-state index contributed by atoms with van der Waals surface area (Å²) < 4.78 is 18.7. The lowest BCUT2D eigenvalue weighted by atomic mass is 10.1. The average Bonchev–Trinajstić information content (AvgIpc) is 2.56. The molecular weight excluding hydrogens is 321 g/mol. The fourth-order valence-electron chi connectivity index (χ4n) is 2.57. The molecule has 5 nitrogen and oxygen atoms in total. The lowest BCUT2D eigenvalue weighted by Crippen LogP contribution is -2.37. The Morgan fingerprint density at radius 2 is 2.00 bits per heavy atom. The molecule has 0 fully saturated rings. The van der Waals surface area contributed by atoms with Crippen LogP contribution in [-0.2, 0) is 0 Å². The Balaban J connectivity index is 2.02. The van der Waals surface area contributed by atoms with Crippen molar-refractivity contribution in [3.63, 3.8) is 0 Å². The molecule has 0 spiro atoms. The molecule has 134 valence electrons. The first-order chi connectivity index (χ1) is 11.9. The molecule has 2 amide bonds. The van der Waals surface area contributed by atoms with Crippen molar-refractivity contribution >= 4 is 11.7 Å². The highest BCUT2D eigenvalue weighted by molar-refractivity contribution is 5.91. The minimum Gasteiger partial charge on any atom is -0.495 e. The number of hydrogen-bond acceptors (Lipinski definition) is 3. The molecule has 2 aromatic carbocycles. The minimum absolute atomic E-state index is 0.138. The molecule has 0 bridgehead atoms. The van der Waals surface area contributed by atoms with Crippen molar-refractivity contribution < 1.29 is 13.9 Å². The van der Waals surface area contributed by atoms with E-state index in [-0.39, 0.29) is 17.9 Å². The maximum Gasteiger partial charge on any atom is 0.319 e. The average molecular weight is 345 g/mol. The first-order valence-corrected chi connectivity index (χ1v) is 8.02. The van der Waals surface area contributed by atoms with Crippen LogP contribution in [0.2, 0.25) is 0 Å². The van der Waals surface area contributed by atoms with Crippen LogP contribution >= 0.6 is 0 Å². The number of nitrogens with one attached hydrogen (secondary N) is 2. The maximum atomic E-state index is 13.5. The van der Waals surface area contributed by atoms with Crippen LogP contribution in [0, 0.1) is 12.7 Å². The fraction of sp³-hybridized carbons (Fsp3) is 0.316. The Labute approximate surface area is 147 Å². The van der Waals surface area contributed by atoms with Gasteiger partial charge < -0.3 is 20.3 Å². The molecule has 0 aliphatic rings. The number of rotatable bonds is 6. The van der Waals surface area contributed by atoms with E-state index in [9.17, 15) is 9.18 Å². The van der Waals surface area contributed by atoms with Crippen molar-refractivity contribution in [1.29, 1.82) is 0 Å².